The molecule has 0 N–H and O–H groups in total. The number of nitrogens with zero attached hydrogens (tertiary/aromatic N) is 1. The summed E-state index contributed by atoms with van der Waals surface area (Å²) in [6.45, 7) is 2.30. The van der Waals surface area contributed by atoms with Gasteiger partial charge in [0.1, 0.15) is 22.8 Å². The number of oxazole rings is 1. The van der Waals surface area contributed by atoms with E-state index in [1.54, 1.807) is 42.5 Å². The van der Waals surface area contributed by atoms with Gasteiger partial charge in [0.25, 0.3) is 0 Å². The molecule has 29 heavy (non-hydrogen) atoms. The zero-order valence-corrected chi connectivity index (χ0v) is 15.8. The van der Waals surface area contributed by atoms with E-state index < -0.39 is 5.97 Å². The third-order valence-electron chi connectivity index (χ3n) is 4.10. The molecule has 3 aromatic carbocycles. The quantitative estimate of drug-likeness (QED) is 0.331. The number of ether oxygens (including phenoxy) is 3. The van der Waals surface area contributed by atoms with E-state index >= 15 is 0 Å². The van der Waals surface area contributed by atoms with Crippen molar-refractivity contribution in [3.05, 3.63) is 72.8 Å². The molecule has 0 radical (unpaired) electrons. The molecule has 0 saturated heterocycles. The lowest BCUT2D eigenvalue weighted by atomic mass is 10.2. The summed E-state index contributed by atoms with van der Waals surface area (Å²) in [5, 5.41) is 0. The highest BCUT2D eigenvalue weighted by Crippen LogP contribution is 2.27. The van der Waals surface area contributed by atoms with Crippen molar-refractivity contribution < 1.29 is 23.4 Å². The third kappa shape index (κ3) is 4.55. The lowest BCUT2D eigenvalue weighted by Crippen LogP contribution is -2.17. The maximum absolute atomic E-state index is 12.1. The molecule has 0 amide bonds. The fourth-order valence-corrected chi connectivity index (χ4v) is 2.77. The Morgan fingerprint density at radius 1 is 0.897 bits per heavy atom. The Balaban J connectivity index is 1.39. The number of carbonyl (C=O) groups is 1. The standard InChI is InChI=1S/C23H19NO5/c1-2-26-17-8-10-18(11-9-17)27-15-22(25)28-19-12-13-20-21(14-19)29-23(24-20)16-6-4-3-5-7-16/h3-14H,2,15H2,1H3. The first-order valence-electron chi connectivity index (χ1n) is 9.23. The molecule has 0 aliphatic rings. The number of carbonyl (C=O) groups excluding carboxylic acids is 1. The molecule has 0 bridgehead atoms. The molecule has 6 heteroatoms. The van der Waals surface area contributed by atoms with Crippen LogP contribution in [0.15, 0.2) is 77.2 Å². The fourth-order valence-electron chi connectivity index (χ4n) is 2.77. The van der Waals surface area contributed by atoms with Gasteiger partial charge in [-0.3, -0.25) is 0 Å². The molecule has 0 unspecified atom stereocenters. The third-order valence-corrected chi connectivity index (χ3v) is 4.10. The second kappa shape index (κ2) is 8.48. The van der Waals surface area contributed by atoms with Gasteiger partial charge in [-0.1, -0.05) is 18.2 Å². The van der Waals surface area contributed by atoms with E-state index in [1.807, 2.05) is 37.3 Å². The van der Waals surface area contributed by atoms with Crippen LogP contribution in [0.5, 0.6) is 17.2 Å². The van der Waals surface area contributed by atoms with Gasteiger partial charge in [0.2, 0.25) is 5.89 Å². The molecular formula is C23H19NO5. The van der Waals surface area contributed by atoms with Crippen molar-refractivity contribution in [1.82, 2.24) is 4.98 Å². The first-order chi connectivity index (χ1) is 14.2. The Morgan fingerprint density at radius 2 is 1.59 bits per heavy atom. The van der Waals surface area contributed by atoms with Crippen molar-refractivity contribution >= 4 is 17.1 Å². The van der Waals surface area contributed by atoms with Crippen molar-refractivity contribution in [1.29, 1.82) is 0 Å². The summed E-state index contributed by atoms with van der Waals surface area (Å²) in [6.07, 6.45) is 0. The van der Waals surface area contributed by atoms with Gasteiger partial charge < -0.3 is 18.6 Å². The van der Waals surface area contributed by atoms with Crippen LogP contribution in [0.25, 0.3) is 22.6 Å². The molecule has 6 nitrogen and oxygen atoms in total. The van der Waals surface area contributed by atoms with Crippen LogP contribution in [0.3, 0.4) is 0 Å². The Kier molecular flexibility index (Phi) is 5.42. The molecule has 0 fully saturated rings. The van der Waals surface area contributed by atoms with E-state index in [9.17, 15) is 4.79 Å². The van der Waals surface area contributed by atoms with E-state index in [0.717, 1.165) is 11.3 Å². The van der Waals surface area contributed by atoms with Crippen LogP contribution in [-0.4, -0.2) is 24.2 Å². The second-order valence-electron chi connectivity index (χ2n) is 6.18. The number of rotatable bonds is 7. The highest BCUT2D eigenvalue weighted by Gasteiger charge is 2.11. The van der Waals surface area contributed by atoms with Gasteiger partial charge >= 0.3 is 5.97 Å². The van der Waals surface area contributed by atoms with Crippen LogP contribution < -0.4 is 14.2 Å². The van der Waals surface area contributed by atoms with Gasteiger partial charge in [0.05, 0.1) is 6.61 Å². The highest BCUT2D eigenvalue weighted by atomic mass is 16.6. The zero-order valence-electron chi connectivity index (χ0n) is 15.8. The van der Waals surface area contributed by atoms with Gasteiger partial charge in [0.15, 0.2) is 12.2 Å². The summed E-state index contributed by atoms with van der Waals surface area (Å²) in [7, 11) is 0. The van der Waals surface area contributed by atoms with Gasteiger partial charge in [-0.2, -0.15) is 0 Å². The molecule has 146 valence electrons. The maximum Gasteiger partial charge on any atom is 0.349 e. The summed E-state index contributed by atoms with van der Waals surface area (Å²) in [5.74, 6) is 1.68. The number of benzene rings is 3. The molecule has 0 aliphatic carbocycles. The first-order valence-corrected chi connectivity index (χ1v) is 9.23. The van der Waals surface area contributed by atoms with E-state index in [0.29, 0.717) is 35.1 Å². The van der Waals surface area contributed by atoms with Gasteiger partial charge in [0, 0.05) is 11.6 Å². The smallest absolute Gasteiger partial charge is 0.349 e. The molecular weight excluding hydrogens is 370 g/mol. The van der Waals surface area contributed by atoms with E-state index in [-0.39, 0.29) is 6.61 Å². The van der Waals surface area contributed by atoms with Crippen LogP contribution in [0.2, 0.25) is 0 Å². The van der Waals surface area contributed by atoms with Crippen LogP contribution >= 0.6 is 0 Å². The van der Waals surface area contributed by atoms with Crippen LogP contribution in [0.4, 0.5) is 0 Å². The number of esters is 1. The van der Waals surface area contributed by atoms with Gasteiger partial charge in [-0.15, -0.1) is 0 Å². The summed E-state index contributed by atoms with van der Waals surface area (Å²) in [5.41, 5.74) is 2.11. The molecule has 0 saturated carbocycles. The Hall–Kier alpha value is -3.80. The Morgan fingerprint density at radius 3 is 2.31 bits per heavy atom. The van der Waals surface area contributed by atoms with Crippen molar-refractivity contribution in [3.63, 3.8) is 0 Å². The minimum absolute atomic E-state index is 0.211. The molecule has 0 spiro atoms. The van der Waals surface area contributed by atoms with Gasteiger partial charge in [-0.05, 0) is 55.5 Å². The lowest BCUT2D eigenvalue weighted by Gasteiger charge is -2.08. The number of hydrogen-bond acceptors (Lipinski definition) is 6. The highest BCUT2D eigenvalue weighted by molar-refractivity contribution is 5.80. The molecule has 0 aliphatic heterocycles. The molecule has 4 rings (SSSR count). The first kappa shape index (κ1) is 18.6. The summed E-state index contributed by atoms with van der Waals surface area (Å²) < 4.78 is 22.0. The monoisotopic (exact) mass is 389 g/mol. The maximum atomic E-state index is 12.1. The summed E-state index contributed by atoms with van der Waals surface area (Å²) in [4.78, 5) is 16.6. The number of fused-ring (bicyclic) bond motifs is 1. The summed E-state index contributed by atoms with van der Waals surface area (Å²) in [6, 6.07) is 21.7. The van der Waals surface area contributed by atoms with Crippen molar-refractivity contribution in [3.8, 4) is 28.7 Å². The van der Waals surface area contributed by atoms with Gasteiger partial charge in [-0.25, -0.2) is 9.78 Å². The fraction of sp³-hybridized carbons (Fsp3) is 0.130. The molecule has 0 atom stereocenters. The lowest BCUT2D eigenvalue weighted by molar-refractivity contribution is -0.136. The van der Waals surface area contributed by atoms with Crippen LogP contribution in [0.1, 0.15) is 6.92 Å². The topological polar surface area (TPSA) is 70.8 Å². The number of aromatic nitrogens is 1. The average molecular weight is 389 g/mol. The normalized spacial score (nSPS) is 10.7. The summed E-state index contributed by atoms with van der Waals surface area (Å²) >= 11 is 0. The van der Waals surface area contributed by atoms with E-state index in [2.05, 4.69) is 4.98 Å². The van der Waals surface area contributed by atoms with Crippen molar-refractivity contribution in [2.24, 2.45) is 0 Å². The van der Waals surface area contributed by atoms with Crippen LogP contribution in [0, 0.1) is 0 Å². The molecule has 1 heterocycles. The second-order valence-corrected chi connectivity index (χ2v) is 6.18. The minimum atomic E-state index is -0.513. The van der Waals surface area contributed by atoms with Crippen LogP contribution in [-0.2, 0) is 4.79 Å². The SMILES string of the molecule is CCOc1ccc(OCC(=O)Oc2ccc3nc(-c4ccccc4)oc3c2)cc1. The van der Waals surface area contributed by atoms with Crippen molar-refractivity contribution in [2.75, 3.05) is 13.2 Å². The number of hydrogen-bond donors (Lipinski definition) is 0. The Labute approximate surface area is 167 Å². The average Bonchev–Trinajstić information content (AvgIpc) is 3.18. The zero-order chi connectivity index (χ0) is 20.1. The molecule has 1 aromatic heterocycles. The largest absolute Gasteiger partial charge is 0.494 e. The van der Waals surface area contributed by atoms with E-state index in [1.165, 1.54) is 0 Å². The van der Waals surface area contributed by atoms with E-state index in [4.69, 9.17) is 18.6 Å². The Bertz CT molecular complexity index is 1100. The predicted molar refractivity (Wildman–Crippen MR) is 108 cm³/mol. The van der Waals surface area contributed by atoms with Crippen molar-refractivity contribution in [2.45, 2.75) is 6.92 Å². The predicted octanol–water partition coefficient (Wildman–Crippen LogP) is 4.88. The molecule has 4 aromatic rings. The minimum Gasteiger partial charge on any atom is -0.494 e.